The highest BCUT2D eigenvalue weighted by molar-refractivity contribution is 9.10. The maximum atomic E-state index is 12.0. The Morgan fingerprint density at radius 1 is 1.14 bits per heavy atom. The van der Waals surface area contributed by atoms with Crippen LogP contribution >= 0.6 is 15.9 Å². The van der Waals surface area contributed by atoms with Gasteiger partial charge in [-0.3, -0.25) is 4.79 Å². The molecule has 0 aromatic heterocycles. The third-order valence-electron chi connectivity index (χ3n) is 3.52. The van der Waals surface area contributed by atoms with Crippen molar-refractivity contribution in [1.29, 1.82) is 0 Å². The number of halogens is 1. The normalized spacial score (nSPS) is 12.6. The van der Waals surface area contributed by atoms with Crippen LogP contribution in [0.2, 0.25) is 0 Å². The van der Waals surface area contributed by atoms with E-state index >= 15 is 0 Å². The quantitative estimate of drug-likeness (QED) is 0.923. The van der Waals surface area contributed by atoms with Crippen LogP contribution in [0.3, 0.4) is 0 Å². The van der Waals surface area contributed by atoms with Crippen molar-refractivity contribution in [3.63, 3.8) is 0 Å². The van der Waals surface area contributed by atoms with Crippen molar-refractivity contribution in [2.24, 2.45) is 0 Å². The highest BCUT2D eigenvalue weighted by Crippen LogP contribution is 2.25. The molecule has 2 aromatic carbocycles. The summed E-state index contributed by atoms with van der Waals surface area (Å²) in [5.74, 6) is 1.01. The molecule has 3 nitrogen and oxygen atoms in total. The fraction of sp³-hybridized carbons (Fsp3) is 0.235. The van der Waals surface area contributed by atoms with E-state index in [-0.39, 0.29) is 5.91 Å². The van der Waals surface area contributed by atoms with Gasteiger partial charge >= 0.3 is 0 Å². The van der Waals surface area contributed by atoms with Crippen molar-refractivity contribution in [1.82, 2.24) is 5.32 Å². The first-order valence-corrected chi connectivity index (χ1v) is 7.76. The van der Waals surface area contributed by atoms with Gasteiger partial charge in [0, 0.05) is 17.4 Å². The number of ether oxygens (including phenoxy) is 1. The average Bonchev–Trinajstić information content (AvgIpc) is 2.95. The van der Waals surface area contributed by atoms with Crippen molar-refractivity contribution in [3.8, 4) is 5.75 Å². The second-order valence-corrected chi connectivity index (χ2v) is 6.04. The lowest BCUT2D eigenvalue weighted by Gasteiger charge is -2.07. The molecule has 4 heteroatoms. The molecule has 0 unspecified atom stereocenters. The number of hydrogen-bond acceptors (Lipinski definition) is 2. The predicted octanol–water partition coefficient (Wildman–Crippen LogP) is 3.24. The molecule has 0 radical (unpaired) electrons. The summed E-state index contributed by atoms with van der Waals surface area (Å²) in [5.41, 5.74) is 3.36. The maximum Gasteiger partial charge on any atom is 0.224 e. The molecule has 1 aliphatic heterocycles. The van der Waals surface area contributed by atoms with E-state index in [1.165, 1.54) is 5.56 Å². The van der Waals surface area contributed by atoms with E-state index in [9.17, 15) is 4.79 Å². The van der Waals surface area contributed by atoms with Crippen molar-refractivity contribution < 1.29 is 9.53 Å². The first-order valence-electron chi connectivity index (χ1n) is 6.96. The van der Waals surface area contributed by atoms with E-state index in [1.807, 2.05) is 36.4 Å². The minimum absolute atomic E-state index is 0.0362. The Labute approximate surface area is 132 Å². The van der Waals surface area contributed by atoms with Gasteiger partial charge in [0.2, 0.25) is 5.91 Å². The number of amides is 1. The molecule has 1 heterocycles. The molecule has 0 bridgehead atoms. The molecular formula is C17H16BrNO2. The second kappa shape index (κ2) is 6.31. The van der Waals surface area contributed by atoms with Crippen molar-refractivity contribution >= 4 is 21.8 Å². The lowest BCUT2D eigenvalue weighted by Crippen LogP contribution is -2.24. The van der Waals surface area contributed by atoms with Gasteiger partial charge in [0.25, 0.3) is 0 Å². The number of benzene rings is 2. The molecule has 3 rings (SSSR count). The van der Waals surface area contributed by atoms with Crippen molar-refractivity contribution in [2.75, 3.05) is 6.61 Å². The molecule has 0 fully saturated rings. The molecule has 0 spiro atoms. The smallest absolute Gasteiger partial charge is 0.224 e. The van der Waals surface area contributed by atoms with Crippen LogP contribution in [-0.4, -0.2) is 12.5 Å². The topological polar surface area (TPSA) is 38.3 Å². The summed E-state index contributed by atoms with van der Waals surface area (Å²) in [6.07, 6.45) is 1.36. The van der Waals surface area contributed by atoms with E-state index in [4.69, 9.17) is 4.74 Å². The highest BCUT2D eigenvalue weighted by Gasteiger charge is 2.12. The summed E-state index contributed by atoms with van der Waals surface area (Å²) in [6, 6.07) is 13.9. The molecule has 108 valence electrons. The van der Waals surface area contributed by atoms with Gasteiger partial charge in [-0.2, -0.15) is 0 Å². The van der Waals surface area contributed by atoms with E-state index in [1.54, 1.807) is 0 Å². The van der Waals surface area contributed by atoms with Gasteiger partial charge in [0.15, 0.2) is 0 Å². The summed E-state index contributed by atoms with van der Waals surface area (Å²) < 4.78 is 6.50. The fourth-order valence-electron chi connectivity index (χ4n) is 2.40. The molecule has 2 aromatic rings. The van der Waals surface area contributed by atoms with Gasteiger partial charge in [0.1, 0.15) is 5.75 Å². The zero-order valence-corrected chi connectivity index (χ0v) is 13.2. The van der Waals surface area contributed by atoms with E-state index in [0.717, 1.165) is 34.4 Å². The van der Waals surface area contributed by atoms with Gasteiger partial charge in [-0.25, -0.2) is 0 Å². The number of fused-ring (bicyclic) bond motifs is 1. The summed E-state index contributed by atoms with van der Waals surface area (Å²) >= 11 is 3.39. The van der Waals surface area contributed by atoms with Crippen LogP contribution in [0.15, 0.2) is 46.9 Å². The first-order chi connectivity index (χ1) is 10.2. The molecule has 0 aliphatic carbocycles. The molecule has 0 atom stereocenters. The lowest BCUT2D eigenvalue weighted by molar-refractivity contribution is -0.120. The lowest BCUT2D eigenvalue weighted by atomic mass is 10.1. The summed E-state index contributed by atoms with van der Waals surface area (Å²) in [6.45, 7) is 1.32. The van der Waals surface area contributed by atoms with Gasteiger partial charge in [-0.05, 0) is 34.9 Å². The van der Waals surface area contributed by atoms with Crippen LogP contribution in [-0.2, 0) is 24.2 Å². The molecule has 1 aliphatic rings. The monoisotopic (exact) mass is 345 g/mol. The van der Waals surface area contributed by atoms with Gasteiger partial charge in [-0.1, -0.05) is 40.2 Å². The molecule has 1 N–H and O–H groups in total. The van der Waals surface area contributed by atoms with E-state index in [0.29, 0.717) is 13.0 Å². The Morgan fingerprint density at radius 2 is 1.90 bits per heavy atom. The SMILES string of the molecule is O=C(Cc1ccc(Br)cc1)NCc1ccc2c(c1)CCO2. The number of hydrogen-bond donors (Lipinski definition) is 1. The van der Waals surface area contributed by atoms with Crippen molar-refractivity contribution in [3.05, 3.63) is 63.6 Å². The summed E-state index contributed by atoms with van der Waals surface area (Å²) in [7, 11) is 0. The Morgan fingerprint density at radius 3 is 2.71 bits per heavy atom. The number of carbonyl (C=O) groups excluding carboxylic acids is 1. The van der Waals surface area contributed by atoms with Gasteiger partial charge < -0.3 is 10.1 Å². The Kier molecular flexibility index (Phi) is 4.25. The molecule has 1 amide bonds. The summed E-state index contributed by atoms with van der Waals surface area (Å²) in [4.78, 5) is 12.0. The van der Waals surface area contributed by atoms with Crippen LogP contribution in [0, 0.1) is 0 Å². The van der Waals surface area contributed by atoms with Crippen LogP contribution in [0.5, 0.6) is 5.75 Å². The maximum absolute atomic E-state index is 12.0. The second-order valence-electron chi connectivity index (χ2n) is 5.12. The minimum Gasteiger partial charge on any atom is -0.493 e. The molecule has 0 saturated heterocycles. The van der Waals surface area contributed by atoms with Gasteiger partial charge in [0.05, 0.1) is 13.0 Å². The average molecular weight is 346 g/mol. The Hall–Kier alpha value is -1.81. The minimum atomic E-state index is 0.0362. The number of carbonyl (C=O) groups is 1. The summed E-state index contributed by atoms with van der Waals surface area (Å²) in [5, 5.41) is 2.96. The third-order valence-corrected chi connectivity index (χ3v) is 4.05. The number of rotatable bonds is 4. The molecule has 21 heavy (non-hydrogen) atoms. The highest BCUT2D eigenvalue weighted by atomic mass is 79.9. The van der Waals surface area contributed by atoms with Crippen LogP contribution in [0.1, 0.15) is 16.7 Å². The largest absolute Gasteiger partial charge is 0.493 e. The standard InChI is InChI=1S/C17H16BrNO2/c18-15-4-1-12(2-5-15)10-17(20)19-11-13-3-6-16-14(9-13)7-8-21-16/h1-6,9H,7-8,10-11H2,(H,19,20). The Balaban J connectivity index is 1.55. The van der Waals surface area contributed by atoms with Crippen LogP contribution in [0.4, 0.5) is 0 Å². The Bertz CT molecular complexity index is 652. The van der Waals surface area contributed by atoms with E-state index < -0.39 is 0 Å². The zero-order valence-electron chi connectivity index (χ0n) is 11.6. The van der Waals surface area contributed by atoms with Crippen molar-refractivity contribution in [2.45, 2.75) is 19.4 Å². The number of nitrogens with one attached hydrogen (secondary N) is 1. The van der Waals surface area contributed by atoms with Crippen LogP contribution in [0.25, 0.3) is 0 Å². The van der Waals surface area contributed by atoms with E-state index in [2.05, 4.69) is 27.3 Å². The zero-order chi connectivity index (χ0) is 14.7. The first kappa shape index (κ1) is 14.1. The van der Waals surface area contributed by atoms with Gasteiger partial charge in [-0.15, -0.1) is 0 Å². The van der Waals surface area contributed by atoms with Crippen LogP contribution < -0.4 is 10.1 Å². The molecular weight excluding hydrogens is 330 g/mol. The molecule has 0 saturated carbocycles. The third kappa shape index (κ3) is 3.64. The fourth-order valence-corrected chi connectivity index (χ4v) is 2.67. The predicted molar refractivity (Wildman–Crippen MR) is 85.3 cm³/mol.